The van der Waals surface area contributed by atoms with Gasteiger partial charge in [-0.2, -0.15) is 0 Å². The molecule has 15 heavy (non-hydrogen) atoms. The van der Waals surface area contributed by atoms with E-state index in [9.17, 15) is 15.0 Å². The van der Waals surface area contributed by atoms with Gasteiger partial charge in [-0.05, 0) is 12.1 Å². The molecule has 1 atom stereocenters. The lowest BCUT2D eigenvalue weighted by molar-refractivity contribution is -0.142. The molecule has 0 aliphatic carbocycles. The van der Waals surface area contributed by atoms with E-state index in [0.717, 1.165) is 0 Å². The molecule has 0 aliphatic rings. The molecule has 1 unspecified atom stereocenters. The van der Waals surface area contributed by atoms with Gasteiger partial charge in [-0.25, -0.2) is 0 Å². The Bertz CT molecular complexity index is 344. The molecule has 0 spiro atoms. The second kappa shape index (κ2) is 5.14. The van der Waals surface area contributed by atoms with Crippen LogP contribution in [0.25, 0.3) is 0 Å². The van der Waals surface area contributed by atoms with Gasteiger partial charge < -0.3 is 14.9 Å². The van der Waals surface area contributed by atoms with Gasteiger partial charge in [-0.15, -0.1) is 0 Å². The highest BCUT2D eigenvalue weighted by atomic mass is 79.9. The maximum absolute atomic E-state index is 10.9. The van der Waals surface area contributed by atoms with Crippen LogP contribution in [0, 0.1) is 0 Å². The lowest BCUT2D eigenvalue weighted by Crippen LogP contribution is -2.08. The zero-order valence-corrected chi connectivity index (χ0v) is 9.69. The number of aliphatic hydroxyl groups excluding tert-OH is 1. The van der Waals surface area contributed by atoms with Gasteiger partial charge >= 0.3 is 5.97 Å². The van der Waals surface area contributed by atoms with E-state index in [0.29, 0.717) is 10.0 Å². The number of aliphatic hydroxyl groups is 1. The van der Waals surface area contributed by atoms with E-state index in [1.165, 1.54) is 13.2 Å². The quantitative estimate of drug-likeness (QED) is 0.825. The highest BCUT2D eigenvalue weighted by Crippen LogP contribution is 2.33. The molecule has 2 N–H and O–H groups in total. The minimum atomic E-state index is -1.08. The monoisotopic (exact) mass is 274 g/mol. The number of methoxy groups -OCH3 is 1. The Labute approximate surface area is 95.6 Å². The summed E-state index contributed by atoms with van der Waals surface area (Å²) >= 11 is 3.19. The number of phenolic OH excluding ortho intramolecular Hbond substituents is 1. The number of hydrogen-bond donors (Lipinski definition) is 2. The van der Waals surface area contributed by atoms with Crippen LogP contribution in [-0.2, 0) is 9.53 Å². The average Bonchev–Trinajstić information content (AvgIpc) is 2.17. The maximum Gasteiger partial charge on any atom is 0.308 e. The Hall–Kier alpha value is -1.07. The number of esters is 1. The summed E-state index contributed by atoms with van der Waals surface area (Å²) in [6, 6.07) is 4.75. The van der Waals surface area contributed by atoms with Crippen LogP contribution in [0.3, 0.4) is 0 Å². The molecule has 4 nitrogen and oxygen atoms in total. The van der Waals surface area contributed by atoms with Gasteiger partial charge in [0.1, 0.15) is 5.75 Å². The Morgan fingerprint density at radius 2 is 2.27 bits per heavy atom. The standard InChI is InChI=1S/C10H11BrO4/c1-15-9(14)5-8(13)10-6(11)3-2-4-7(10)12/h2-4,8,12-13H,5H2,1H3. The van der Waals surface area contributed by atoms with Crippen LogP contribution in [0.1, 0.15) is 18.1 Å². The molecule has 1 aromatic rings. The topological polar surface area (TPSA) is 66.8 Å². The SMILES string of the molecule is COC(=O)CC(O)c1c(O)cccc1Br. The van der Waals surface area contributed by atoms with Crippen LogP contribution in [0.2, 0.25) is 0 Å². The second-order valence-electron chi connectivity index (χ2n) is 2.97. The lowest BCUT2D eigenvalue weighted by Gasteiger charge is -2.12. The van der Waals surface area contributed by atoms with Gasteiger partial charge in [0.05, 0.1) is 19.6 Å². The first-order valence-electron chi connectivity index (χ1n) is 4.28. The second-order valence-corrected chi connectivity index (χ2v) is 3.82. The lowest BCUT2D eigenvalue weighted by atomic mass is 10.1. The van der Waals surface area contributed by atoms with Gasteiger partial charge in [0.15, 0.2) is 0 Å². The molecule has 0 radical (unpaired) electrons. The highest BCUT2D eigenvalue weighted by Gasteiger charge is 2.19. The predicted octanol–water partition coefficient (Wildman–Crippen LogP) is 1.75. The minimum absolute atomic E-state index is 0.0548. The Balaban J connectivity index is 2.90. The van der Waals surface area contributed by atoms with E-state index in [-0.39, 0.29) is 12.2 Å². The van der Waals surface area contributed by atoms with Crippen molar-refractivity contribution in [2.45, 2.75) is 12.5 Å². The largest absolute Gasteiger partial charge is 0.508 e. The summed E-state index contributed by atoms with van der Waals surface area (Å²) in [5.41, 5.74) is 0.294. The number of phenols is 1. The van der Waals surface area contributed by atoms with Crippen molar-refractivity contribution < 1.29 is 19.7 Å². The summed E-state index contributed by atoms with van der Waals surface area (Å²) in [7, 11) is 1.24. The Morgan fingerprint density at radius 3 is 2.80 bits per heavy atom. The van der Waals surface area contributed by atoms with Crippen molar-refractivity contribution in [2.75, 3.05) is 7.11 Å². The molecular formula is C10H11BrO4. The number of hydrogen-bond acceptors (Lipinski definition) is 4. The van der Waals surface area contributed by atoms with Gasteiger partial charge in [-0.3, -0.25) is 4.79 Å². The molecule has 0 saturated heterocycles. The van der Waals surface area contributed by atoms with Crippen molar-refractivity contribution >= 4 is 21.9 Å². The van der Waals surface area contributed by atoms with Crippen molar-refractivity contribution in [3.63, 3.8) is 0 Å². The molecule has 0 heterocycles. The molecule has 0 bridgehead atoms. The summed E-state index contributed by atoms with van der Waals surface area (Å²) < 4.78 is 4.98. The fraction of sp³-hybridized carbons (Fsp3) is 0.300. The van der Waals surface area contributed by atoms with Crippen LogP contribution in [-0.4, -0.2) is 23.3 Å². The van der Waals surface area contributed by atoms with Crippen molar-refractivity contribution in [1.29, 1.82) is 0 Å². The smallest absolute Gasteiger partial charge is 0.308 e. The van der Waals surface area contributed by atoms with Crippen LogP contribution < -0.4 is 0 Å². The fourth-order valence-electron chi connectivity index (χ4n) is 1.20. The highest BCUT2D eigenvalue weighted by molar-refractivity contribution is 9.10. The summed E-state index contributed by atoms with van der Waals surface area (Å²) in [5, 5.41) is 19.2. The van der Waals surface area contributed by atoms with Crippen molar-refractivity contribution in [3.05, 3.63) is 28.2 Å². The van der Waals surface area contributed by atoms with Crippen LogP contribution in [0.5, 0.6) is 5.75 Å². The Kier molecular flexibility index (Phi) is 4.11. The molecule has 0 amide bonds. The molecule has 0 aliphatic heterocycles. The van der Waals surface area contributed by atoms with E-state index in [1.54, 1.807) is 12.1 Å². The summed E-state index contributed by atoms with van der Waals surface area (Å²) in [6.45, 7) is 0. The first-order valence-corrected chi connectivity index (χ1v) is 5.07. The van der Waals surface area contributed by atoms with Crippen LogP contribution in [0.4, 0.5) is 0 Å². The molecule has 1 rings (SSSR count). The van der Waals surface area contributed by atoms with E-state index < -0.39 is 12.1 Å². The van der Waals surface area contributed by atoms with E-state index in [4.69, 9.17) is 0 Å². The third-order valence-corrected chi connectivity index (χ3v) is 2.64. The van der Waals surface area contributed by atoms with Crippen molar-refractivity contribution in [3.8, 4) is 5.75 Å². The van der Waals surface area contributed by atoms with Crippen LogP contribution >= 0.6 is 15.9 Å². The van der Waals surface area contributed by atoms with E-state index >= 15 is 0 Å². The van der Waals surface area contributed by atoms with Gasteiger partial charge in [-0.1, -0.05) is 22.0 Å². The molecule has 0 aromatic heterocycles. The first-order chi connectivity index (χ1) is 7.06. The summed E-state index contributed by atoms with van der Waals surface area (Å²) in [5.74, 6) is -0.585. The summed E-state index contributed by atoms with van der Waals surface area (Å²) in [6.07, 6.45) is -1.26. The molecule has 0 fully saturated rings. The average molecular weight is 275 g/mol. The van der Waals surface area contributed by atoms with E-state index in [2.05, 4.69) is 20.7 Å². The molecule has 82 valence electrons. The number of carbonyl (C=O) groups excluding carboxylic acids is 1. The zero-order valence-electron chi connectivity index (χ0n) is 8.11. The van der Waals surface area contributed by atoms with Crippen LogP contribution in [0.15, 0.2) is 22.7 Å². The minimum Gasteiger partial charge on any atom is -0.508 e. The normalized spacial score (nSPS) is 12.2. The van der Waals surface area contributed by atoms with Gasteiger partial charge in [0.2, 0.25) is 0 Å². The molecule has 0 saturated carbocycles. The third kappa shape index (κ3) is 2.94. The van der Waals surface area contributed by atoms with Gasteiger partial charge in [0, 0.05) is 10.0 Å². The van der Waals surface area contributed by atoms with Crippen molar-refractivity contribution in [2.24, 2.45) is 0 Å². The number of rotatable bonds is 3. The third-order valence-electron chi connectivity index (χ3n) is 1.95. The molecule has 5 heteroatoms. The molecule has 1 aromatic carbocycles. The summed E-state index contributed by atoms with van der Waals surface area (Å²) in [4.78, 5) is 10.9. The van der Waals surface area contributed by atoms with E-state index in [1.807, 2.05) is 0 Å². The predicted molar refractivity (Wildman–Crippen MR) is 57.4 cm³/mol. The maximum atomic E-state index is 10.9. The molecular weight excluding hydrogens is 264 g/mol. The van der Waals surface area contributed by atoms with Crippen molar-refractivity contribution in [1.82, 2.24) is 0 Å². The number of ether oxygens (including phenoxy) is 1. The number of carbonyl (C=O) groups is 1. The van der Waals surface area contributed by atoms with Gasteiger partial charge in [0.25, 0.3) is 0 Å². The zero-order chi connectivity index (χ0) is 11.4. The number of halogens is 1. The fourth-order valence-corrected chi connectivity index (χ4v) is 1.82. The number of aromatic hydroxyl groups is 1. The number of benzene rings is 1. The first kappa shape index (κ1) is 12.0. The Morgan fingerprint density at radius 1 is 1.60 bits per heavy atom.